The zero-order chi connectivity index (χ0) is 25.9. The fraction of sp³-hybridized carbons (Fsp3) is 0.571. The third-order valence-corrected chi connectivity index (χ3v) is 7.09. The number of imide groups is 1. The van der Waals surface area contributed by atoms with Crippen molar-refractivity contribution in [1.29, 1.82) is 0 Å². The molecule has 0 unspecified atom stereocenters. The maximum absolute atomic E-state index is 13.3. The molecule has 1 saturated carbocycles. The van der Waals surface area contributed by atoms with Gasteiger partial charge in [-0.1, -0.05) is 26.7 Å². The van der Waals surface area contributed by atoms with Gasteiger partial charge in [0.05, 0.1) is 7.11 Å². The molecule has 35 heavy (non-hydrogen) atoms. The van der Waals surface area contributed by atoms with Crippen LogP contribution in [0.3, 0.4) is 0 Å². The molecule has 7 nitrogen and oxygen atoms in total. The van der Waals surface area contributed by atoms with E-state index in [2.05, 4.69) is 17.2 Å². The lowest BCUT2D eigenvalue weighted by atomic mass is 9.69. The standard InChI is InChI=1S/C28H36N2O5/c1-7-8-18-13-17(2)24(23(14-18)35-6)25-21(31)15-20(16-22(25)32)19-9-11-30(12-10-19)27(34)29-26(33)28(3,4)5/h13-14,19-20,25H,9-12,15-16H2,1-6H3,(H,29,33,34). The monoisotopic (exact) mass is 480 g/mol. The number of nitrogens with one attached hydrogen (secondary N) is 1. The summed E-state index contributed by atoms with van der Waals surface area (Å²) in [4.78, 5) is 52.8. The maximum atomic E-state index is 13.3. The van der Waals surface area contributed by atoms with Crippen LogP contribution in [0.1, 0.15) is 76.0 Å². The van der Waals surface area contributed by atoms with Crippen LogP contribution in [0.15, 0.2) is 12.1 Å². The normalized spacial score (nSPS) is 21.3. The Morgan fingerprint density at radius 3 is 2.17 bits per heavy atom. The number of nitrogens with zero attached hydrogens (tertiary/aromatic N) is 1. The fourth-order valence-corrected chi connectivity index (χ4v) is 5.12. The molecule has 1 saturated heterocycles. The quantitative estimate of drug-likeness (QED) is 0.521. The Morgan fingerprint density at radius 1 is 1.06 bits per heavy atom. The van der Waals surface area contributed by atoms with E-state index in [1.807, 2.05) is 13.0 Å². The third kappa shape index (κ3) is 5.93. The average Bonchev–Trinajstić information content (AvgIpc) is 2.79. The first-order chi connectivity index (χ1) is 16.5. The van der Waals surface area contributed by atoms with Crippen molar-refractivity contribution in [3.05, 3.63) is 28.8 Å². The van der Waals surface area contributed by atoms with Gasteiger partial charge in [-0.2, -0.15) is 0 Å². The highest BCUT2D eigenvalue weighted by Crippen LogP contribution is 2.41. The molecule has 188 valence electrons. The lowest BCUT2D eigenvalue weighted by Crippen LogP contribution is -2.50. The summed E-state index contributed by atoms with van der Waals surface area (Å²) in [5.74, 6) is 5.30. The summed E-state index contributed by atoms with van der Waals surface area (Å²) < 4.78 is 5.55. The average molecular weight is 481 g/mol. The highest BCUT2D eigenvalue weighted by molar-refractivity contribution is 6.10. The van der Waals surface area contributed by atoms with Gasteiger partial charge in [-0.05, 0) is 56.2 Å². The first-order valence-corrected chi connectivity index (χ1v) is 12.2. The summed E-state index contributed by atoms with van der Waals surface area (Å²) in [5, 5.41) is 2.47. The number of methoxy groups -OCH3 is 1. The van der Waals surface area contributed by atoms with E-state index in [4.69, 9.17) is 4.74 Å². The number of benzene rings is 1. The number of piperidine rings is 1. The Hall–Kier alpha value is -3.14. The summed E-state index contributed by atoms with van der Waals surface area (Å²) in [5.41, 5.74) is 1.63. The number of urea groups is 1. The van der Waals surface area contributed by atoms with E-state index in [-0.39, 0.29) is 35.3 Å². The second-order valence-corrected chi connectivity index (χ2v) is 10.7. The number of carbonyl (C=O) groups excluding carboxylic acids is 4. The van der Waals surface area contributed by atoms with Crippen LogP contribution in [-0.2, 0) is 14.4 Å². The Kier molecular flexibility index (Phi) is 8.04. The summed E-state index contributed by atoms with van der Waals surface area (Å²) in [6.45, 7) is 9.93. The van der Waals surface area contributed by atoms with E-state index < -0.39 is 11.3 Å². The van der Waals surface area contributed by atoms with Crippen molar-refractivity contribution in [2.75, 3.05) is 20.2 Å². The van der Waals surface area contributed by atoms with Gasteiger partial charge >= 0.3 is 6.03 Å². The molecule has 2 fully saturated rings. The molecule has 3 rings (SSSR count). The van der Waals surface area contributed by atoms with Crippen LogP contribution in [0.4, 0.5) is 4.79 Å². The Morgan fingerprint density at radius 2 is 1.66 bits per heavy atom. The minimum atomic E-state index is -0.806. The van der Waals surface area contributed by atoms with Crippen molar-refractivity contribution >= 4 is 23.5 Å². The molecule has 0 radical (unpaired) electrons. The van der Waals surface area contributed by atoms with Gasteiger partial charge in [0, 0.05) is 42.5 Å². The summed E-state index contributed by atoms with van der Waals surface area (Å²) in [7, 11) is 1.54. The molecule has 0 aromatic heterocycles. The first-order valence-electron chi connectivity index (χ1n) is 12.2. The van der Waals surface area contributed by atoms with Gasteiger partial charge in [-0.15, -0.1) is 5.92 Å². The zero-order valence-electron chi connectivity index (χ0n) is 21.6. The largest absolute Gasteiger partial charge is 0.496 e. The van der Waals surface area contributed by atoms with E-state index in [0.29, 0.717) is 50.1 Å². The van der Waals surface area contributed by atoms with Gasteiger partial charge in [-0.25, -0.2) is 4.79 Å². The van der Waals surface area contributed by atoms with E-state index in [1.54, 1.807) is 45.8 Å². The predicted molar refractivity (Wildman–Crippen MR) is 133 cm³/mol. The summed E-state index contributed by atoms with van der Waals surface area (Å²) in [6.07, 6.45) is 2.10. The van der Waals surface area contributed by atoms with Crippen molar-refractivity contribution in [2.24, 2.45) is 17.3 Å². The summed E-state index contributed by atoms with van der Waals surface area (Å²) >= 11 is 0. The zero-order valence-corrected chi connectivity index (χ0v) is 21.6. The van der Waals surface area contributed by atoms with E-state index in [1.165, 1.54) is 0 Å². The number of ketones is 2. The molecular formula is C28H36N2O5. The van der Waals surface area contributed by atoms with Crippen LogP contribution >= 0.6 is 0 Å². The lowest BCUT2D eigenvalue weighted by Gasteiger charge is -2.38. The predicted octanol–water partition coefficient (Wildman–Crippen LogP) is 4.00. The molecule has 1 aromatic rings. The van der Waals surface area contributed by atoms with Crippen LogP contribution in [0.5, 0.6) is 5.75 Å². The molecule has 0 atom stereocenters. The number of hydrogen-bond acceptors (Lipinski definition) is 5. The Balaban J connectivity index is 1.66. The molecule has 1 aliphatic heterocycles. The number of rotatable bonds is 3. The second-order valence-electron chi connectivity index (χ2n) is 10.7. The van der Waals surface area contributed by atoms with Crippen molar-refractivity contribution in [3.8, 4) is 17.6 Å². The van der Waals surface area contributed by atoms with Crippen molar-refractivity contribution < 1.29 is 23.9 Å². The third-order valence-electron chi connectivity index (χ3n) is 7.09. The number of ether oxygens (including phenoxy) is 1. The van der Waals surface area contributed by atoms with Crippen molar-refractivity contribution in [2.45, 2.75) is 66.2 Å². The molecule has 0 bridgehead atoms. The topological polar surface area (TPSA) is 92.8 Å². The van der Waals surface area contributed by atoms with Gasteiger partial charge in [0.15, 0.2) is 0 Å². The number of likely N-dealkylation sites (tertiary alicyclic amines) is 1. The smallest absolute Gasteiger partial charge is 0.324 e. The SMILES string of the molecule is CC#Cc1cc(C)c(C2C(=O)CC(C3CCN(C(=O)NC(=O)C(C)(C)C)CC3)CC2=O)c(OC)c1. The number of amides is 3. The highest BCUT2D eigenvalue weighted by atomic mass is 16.5. The summed E-state index contributed by atoms with van der Waals surface area (Å²) in [6, 6.07) is 3.31. The van der Waals surface area contributed by atoms with Gasteiger partial charge in [-0.3, -0.25) is 19.7 Å². The molecule has 1 N–H and O–H groups in total. The minimum absolute atomic E-state index is 0.0239. The van der Waals surface area contributed by atoms with Crippen LogP contribution in [-0.4, -0.2) is 48.6 Å². The first kappa shape index (κ1) is 26.5. The van der Waals surface area contributed by atoms with E-state index in [9.17, 15) is 19.2 Å². The van der Waals surface area contributed by atoms with Crippen LogP contribution < -0.4 is 10.1 Å². The molecule has 1 heterocycles. The second kappa shape index (κ2) is 10.6. The molecule has 3 amide bonds. The number of aryl methyl sites for hydroxylation is 1. The van der Waals surface area contributed by atoms with Gasteiger partial charge in [0.25, 0.3) is 0 Å². The lowest BCUT2D eigenvalue weighted by molar-refractivity contribution is -0.135. The van der Waals surface area contributed by atoms with Gasteiger partial charge in [0.1, 0.15) is 23.2 Å². The van der Waals surface area contributed by atoms with Crippen LogP contribution in [0.2, 0.25) is 0 Å². The van der Waals surface area contributed by atoms with Crippen LogP contribution in [0, 0.1) is 36.0 Å². The molecule has 1 aromatic carbocycles. The highest BCUT2D eigenvalue weighted by Gasteiger charge is 2.42. The molecular weight excluding hydrogens is 444 g/mol. The van der Waals surface area contributed by atoms with E-state index >= 15 is 0 Å². The fourth-order valence-electron chi connectivity index (χ4n) is 5.12. The van der Waals surface area contributed by atoms with Crippen molar-refractivity contribution in [1.82, 2.24) is 10.2 Å². The molecule has 7 heteroatoms. The van der Waals surface area contributed by atoms with Crippen molar-refractivity contribution in [3.63, 3.8) is 0 Å². The van der Waals surface area contributed by atoms with Gasteiger partial charge < -0.3 is 9.64 Å². The Bertz CT molecular complexity index is 1060. The van der Waals surface area contributed by atoms with E-state index in [0.717, 1.165) is 11.1 Å². The van der Waals surface area contributed by atoms with Crippen LogP contribution in [0.25, 0.3) is 0 Å². The number of Topliss-reactive ketones (excluding diaryl/α,β-unsaturated/α-hetero) is 2. The van der Waals surface area contributed by atoms with Gasteiger partial charge in [0.2, 0.25) is 5.91 Å². The maximum Gasteiger partial charge on any atom is 0.324 e. The number of carbonyl (C=O) groups is 4. The molecule has 1 aliphatic carbocycles. The minimum Gasteiger partial charge on any atom is -0.496 e. The molecule has 0 spiro atoms. The molecule has 2 aliphatic rings. The number of hydrogen-bond donors (Lipinski definition) is 1. The Labute approximate surface area is 208 Å².